The van der Waals surface area contributed by atoms with E-state index in [1.807, 2.05) is 35.9 Å². The summed E-state index contributed by atoms with van der Waals surface area (Å²) in [6, 6.07) is 11.1. The second-order valence-corrected chi connectivity index (χ2v) is 6.93. The smallest absolute Gasteiger partial charge is 0.345 e. The molecule has 0 bridgehead atoms. The van der Waals surface area contributed by atoms with E-state index in [2.05, 4.69) is 0 Å². The summed E-state index contributed by atoms with van der Waals surface area (Å²) in [6.45, 7) is 0. The summed E-state index contributed by atoms with van der Waals surface area (Å²) in [7, 11) is 4.31. The summed E-state index contributed by atoms with van der Waals surface area (Å²) in [5.41, 5.74) is 1.88. The zero-order chi connectivity index (χ0) is 21.1. The Kier molecular flexibility index (Phi) is 5.58. The molecule has 3 rings (SSSR count). The summed E-state index contributed by atoms with van der Waals surface area (Å²) in [5, 5.41) is 19.7. The van der Waals surface area contributed by atoms with Gasteiger partial charge in [-0.1, -0.05) is 36.0 Å². The van der Waals surface area contributed by atoms with Gasteiger partial charge in [-0.15, -0.1) is 0 Å². The van der Waals surface area contributed by atoms with Gasteiger partial charge in [0.05, 0.1) is 24.8 Å². The number of ether oxygens (including phenoxy) is 2. The number of nitrogens with zero attached hydrogens (tertiary/aromatic N) is 3. The minimum atomic E-state index is -0.716. The van der Waals surface area contributed by atoms with Crippen LogP contribution >= 0.6 is 11.8 Å². The van der Waals surface area contributed by atoms with Gasteiger partial charge in [-0.25, -0.2) is 9.59 Å². The molecule has 2 aromatic rings. The Morgan fingerprint density at radius 2 is 1.76 bits per heavy atom. The van der Waals surface area contributed by atoms with E-state index < -0.39 is 11.9 Å². The maximum absolute atomic E-state index is 12.6. The Morgan fingerprint density at radius 3 is 2.38 bits per heavy atom. The molecule has 144 valence electrons. The third-order valence-corrected chi connectivity index (χ3v) is 5.68. The first-order chi connectivity index (χ1) is 14.0. The number of esters is 2. The molecule has 0 N–H and O–H groups in total. The first kappa shape index (κ1) is 20.0. The van der Waals surface area contributed by atoms with Crippen LogP contribution in [0.25, 0.3) is 16.5 Å². The number of hydrogen-bond acceptors (Lipinski definition) is 7. The molecule has 0 saturated carbocycles. The lowest BCUT2D eigenvalue weighted by Crippen LogP contribution is -2.17. The van der Waals surface area contributed by atoms with Gasteiger partial charge in [-0.05, 0) is 12.1 Å². The van der Waals surface area contributed by atoms with Crippen molar-refractivity contribution in [3.8, 4) is 12.1 Å². The Hall–Kier alpha value is -3.75. The van der Waals surface area contributed by atoms with E-state index in [1.165, 1.54) is 26.4 Å². The van der Waals surface area contributed by atoms with Crippen LogP contribution in [0, 0.1) is 22.7 Å². The van der Waals surface area contributed by atoms with Crippen molar-refractivity contribution in [1.82, 2.24) is 4.57 Å². The Bertz CT molecular complexity index is 1200. The lowest BCUT2D eigenvalue weighted by Gasteiger charge is -2.21. The first-order valence-electron chi connectivity index (χ1n) is 8.37. The molecular formula is C21H15N3O4S. The largest absolute Gasteiger partial charge is 0.465 e. The molecule has 1 aromatic heterocycles. The van der Waals surface area contributed by atoms with Gasteiger partial charge in [0.2, 0.25) is 0 Å². The van der Waals surface area contributed by atoms with Crippen molar-refractivity contribution in [2.24, 2.45) is 7.05 Å². The number of para-hydroxylation sites is 1. The predicted octanol–water partition coefficient (Wildman–Crippen LogP) is 3.24. The normalized spacial score (nSPS) is 14.0. The van der Waals surface area contributed by atoms with Gasteiger partial charge in [0.1, 0.15) is 22.6 Å². The van der Waals surface area contributed by atoms with Crippen LogP contribution in [0.15, 0.2) is 57.5 Å². The summed E-state index contributed by atoms with van der Waals surface area (Å²) in [4.78, 5) is 25.2. The molecule has 0 saturated heterocycles. The van der Waals surface area contributed by atoms with E-state index in [4.69, 9.17) is 20.0 Å². The third-order valence-electron chi connectivity index (χ3n) is 4.44. The average molecular weight is 405 g/mol. The molecule has 2 heterocycles. The number of aromatic nitrogens is 1. The highest BCUT2D eigenvalue weighted by Crippen LogP contribution is 2.49. The van der Waals surface area contributed by atoms with Crippen LogP contribution < -0.4 is 0 Å². The second-order valence-electron chi connectivity index (χ2n) is 5.93. The molecule has 1 aliphatic rings. The Morgan fingerprint density at radius 1 is 1.10 bits per heavy atom. The van der Waals surface area contributed by atoms with Crippen molar-refractivity contribution in [3.05, 3.63) is 58.0 Å². The SMILES string of the molecule is COC(=O)C1=C(C(=O)OC)/C(=C\C=C(C#N)C#N)c2c(n(C)c3ccccc23)S1. The van der Waals surface area contributed by atoms with Gasteiger partial charge in [0.25, 0.3) is 0 Å². The average Bonchev–Trinajstić information content (AvgIpc) is 3.05. The fourth-order valence-corrected chi connectivity index (χ4v) is 4.33. The molecule has 0 spiro atoms. The molecule has 0 unspecified atom stereocenters. The summed E-state index contributed by atoms with van der Waals surface area (Å²) < 4.78 is 11.7. The Balaban J connectivity index is 2.44. The number of hydrogen-bond donors (Lipinski definition) is 0. The van der Waals surface area contributed by atoms with Crippen molar-refractivity contribution in [2.75, 3.05) is 14.2 Å². The van der Waals surface area contributed by atoms with Crippen LogP contribution in [0.3, 0.4) is 0 Å². The summed E-state index contributed by atoms with van der Waals surface area (Å²) in [6.07, 6.45) is 2.80. The first-order valence-corrected chi connectivity index (χ1v) is 9.19. The van der Waals surface area contributed by atoms with Gasteiger partial charge in [-0.3, -0.25) is 0 Å². The topological polar surface area (TPSA) is 105 Å². The number of aryl methyl sites for hydroxylation is 1. The lowest BCUT2D eigenvalue weighted by molar-refractivity contribution is -0.138. The number of carbonyl (C=O) groups excluding carboxylic acids is 2. The number of methoxy groups -OCH3 is 2. The fourth-order valence-electron chi connectivity index (χ4n) is 3.12. The van der Waals surface area contributed by atoms with Gasteiger partial charge in [0, 0.05) is 29.1 Å². The van der Waals surface area contributed by atoms with Crippen molar-refractivity contribution in [1.29, 1.82) is 10.5 Å². The third kappa shape index (κ3) is 3.31. The van der Waals surface area contributed by atoms with Crippen LogP contribution in [0.1, 0.15) is 5.56 Å². The number of fused-ring (bicyclic) bond motifs is 3. The lowest BCUT2D eigenvalue weighted by atomic mass is 9.95. The van der Waals surface area contributed by atoms with Gasteiger partial charge >= 0.3 is 11.9 Å². The molecule has 1 aromatic carbocycles. The van der Waals surface area contributed by atoms with E-state index in [-0.39, 0.29) is 16.1 Å². The molecule has 29 heavy (non-hydrogen) atoms. The van der Waals surface area contributed by atoms with E-state index in [0.717, 1.165) is 27.7 Å². The van der Waals surface area contributed by atoms with Crippen molar-refractivity contribution < 1.29 is 19.1 Å². The molecule has 1 aliphatic heterocycles. The molecular weight excluding hydrogens is 390 g/mol. The van der Waals surface area contributed by atoms with Crippen LogP contribution in [0.4, 0.5) is 0 Å². The van der Waals surface area contributed by atoms with Crippen molar-refractivity contribution in [2.45, 2.75) is 5.03 Å². The second kappa shape index (κ2) is 8.09. The molecule has 0 radical (unpaired) electrons. The fraction of sp³-hybridized carbons (Fsp3) is 0.143. The molecule has 8 heteroatoms. The van der Waals surface area contributed by atoms with Crippen LogP contribution in [0.2, 0.25) is 0 Å². The van der Waals surface area contributed by atoms with E-state index in [0.29, 0.717) is 11.1 Å². The highest BCUT2D eigenvalue weighted by Gasteiger charge is 2.36. The molecule has 0 aliphatic carbocycles. The monoisotopic (exact) mass is 405 g/mol. The molecule has 0 atom stereocenters. The van der Waals surface area contributed by atoms with Gasteiger partial charge < -0.3 is 14.0 Å². The Labute approximate surface area is 171 Å². The minimum absolute atomic E-state index is 0.0275. The summed E-state index contributed by atoms with van der Waals surface area (Å²) >= 11 is 1.12. The van der Waals surface area contributed by atoms with E-state index >= 15 is 0 Å². The van der Waals surface area contributed by atoms with E-state index in [9.17, 15) is 9.59 Å². The van der Waals surface area contributed by atoms with Crippen molar-refractivity contribution >= 4 is 40.2 Å². The molecule has 0 amide bonds. The highest BCUT2D eigenvalue weighted by molar-refractivity contribution is 8.04. The van der Waals surface area contributed by atoms with Crippen LogP contribution in [-0.2, 0) is 26.1 Å². The number of nitriles is 2. The maximum Gasteiger partial charge on any atom is 0.345 e. The van der Waals surface area contributed by atoms with Crippen molar-refractivity contribution in [3.63, 3.8) is 0 Å². The molecule has 0 fully saturated rings. The zero-order valence-corrected chi connectivity index (χ0v) is 16.7. The zero-order valence-electron chi connectivity index (χ0n) is 15.8. The quantitative estimate of drug-likeness (QED) is 0.570. The number of rotatable bonds is 3. The minimum Gasteiger partial charge on any atom is -0.465 e. The number of thioether (sulfide) groups is 1. The number of carbonyl (C=O) groups is 2. The number of benzene rings is 1. The highest BCUT2D eigenvalue weighted by atomic mass is 32.2. The van der Waals surface area contributed by atoms with Crippen LogP contribution in [-0.4, -0.2) is 30.7 Å². The van der Waals surface area contributed by atoms with Gasteiger partial charge in [0.15, 0.2) is 0 Å². The number of allylic oxidation sites excluding steroid dienone is 3. The van der Waals surface area contributed by atoms with E-state index in [1.54, 1.807) is 12.1 Å². The summed E-state index contributed by atoms with van der Waals surface area (Å²) in [5.74, 6) is -1.39. The maximum atomic E-state index is 12.6. The molecule has 7 nitrogen and oxygen atoms in total. The standard InChI is InChI=1S/C21H15N3O4S/c1-24-15-7-5-4-6-13(15)16-14(9-8-12(10-22)11-23)17(20(25)27-2)18(21(26)28-3)29-19(16)24/h4-9H,1-3H3/b14-9-. The van der Waals surface area contributed by atoms with Gasteiger partial charge in [-0.2, -0.15) is 10.5 Å². The predicted molar refractivity (Wildman–Crippen MR) is 107 cm³/mol. The van der Waals surface area contributed by atoms with Crippen LogP contribution in [0.5, 0.6) is 0 Å².